The molecule has 0 spiro atoms. The molecule has 8 N–H and O–H groups in total. The number of H-pyrrole nitrogens is 8. The number of hydrogen-bond acceptors (Lipinski definition) is 14. The summed E-state index contributed by atoms with van der Waals surface area (Å²) < 4.78 is 54.2. The molecule has 0 saturated heterocycles. The lowest BCUT2D eigenvalue weighted by atomic mass is 9.82. The highest BCUT2D eigenvalue weighted by atomic mass is 35.5. The Balaban J connectivity index is 0.000000142. The van der Waals surface area contributed by atoms with Crippen molar-refractivity contribution in [3.05, 3.63) is 390 Å². The number of aryl methyl sites for hydroxylation is 1. The predicted molar refractivity (Wildman–Crippen MR) is 480 cm³/mol. The number of anilines is 1. The standard InChI is InChI=1S/C26H27ClN2O3.C26H25F3N2O3.C23H25N5O2.C22H24N4O2/c1-16(2)32-20-12-13-21(23(27)15-20)18-8-10-19(11-9-18)24-22(25(30)29-26(31)28-24)14-17-6-4-3-5-7-17;1-2-34-19-12-13-20(22(15-19)26(27,28)29)17-8-10-18(11-9-17)23-21(24(32)31-25(33)30-23)14-16-6-4-3-5-7-16;1-28(2)22-24-13-18(14-25-22)16-8-10-17(11-9-16)20-19(21(29)27-23(30)26-20)12-15-6-4-3-5-7-15;1-2-26-19(12-13-23-26)16-8-10-17(11-9-16)20-18(21(27)25-22(28)24-20)14-15-6-4-3-5-7-15/h3-8,12-13,15-16,19H,9-11,14H2,1-2H3,(H2,28,29,30,31);3-8,12-13,15,18H,2,9-11,14H2,1H3,(H2,30,31,32,33);3-8,13-14,17H,9-12H2,1-2H3,(H2,26,27,29,30);3-8,12-13,17H,2,9-11,14H2,1H3,(H2,24,25,27,28). The lowest BCUT2D eigenvalue weighted by Gasteiger charge is -2.25. The monoisotopic (exact) mass is 1700 g/mol. The fraction of sp³-hybridized carbons (Fsp3) is 0.309. The number of benzene rings is 6. The average Bonchev–Trinajstić information content (AvgIpc) is 0.887. The third-order valence-electron chi connectivity index (χ3n) is 22.8. The van der Waals surface area contributed by atoms with Crippen LogP contribution in [-0.2, 0) is 38.4 Å². The van der Waals surface area contributed by atoms with Gasteiger partial charge in [-0.3, -0.25) is 43.8 Å². The lowest BCUT2D eigenvalue weighted by Crippen LogP contribution is -2.30. The summed E-state index contributed by atoms with van der Waals surface area (Å²) in [5.74, 6) is 1.76. The number of hydrogen-bond donors (Lipinski definition) is 8. The van der Waals surface area contributed by atoms with Crippen molar-refractivity contribution in [2.24, 2.45) is 0 Å². The van der Waals surface area contributed by atoms with Gasteiger partial charge < -0.3 is 34.3 Å². The molecule has 4 unspecified atom stereocenters. The lowest BCUT2D eigenvalue weighted by molar-refractivity contribution is -0.137. The Kier molecular flexibility index (Phi) is 29.3. The highest BCUT2D eigenvalue weighted by molar-refractivity contribution is 6.32. The molecule has 6 aromatic carbocycles. The maximum atomic E-state index is 13.8. The second-order valence-electron chi connectivity index (χ2n) is 31.8. The van der Waals surface area contributed by atoms with Crippen molar-refractivity contribution in [3.8, 4) is 11.5 Å². The minimum absolute atomic E-state index is 0.0785. The highest BCUT2D eigenvalue weighted by Gasteiger charge is 2.36. The van der Waals surface area contributed by atoms with E-state index in [2.05, 4.69) is 80.1 Å². The van der Waals surface area contributed by atoms with Crippen LogP contribution in [0.3, 0.4) is 0 Å². The molecule has 12 aromatic rings. The Morgan fingerprint density at radius 1 is 0.460 bits per heavy atom. The number of nitrogens with one attached hydrogen (secondary N) is 8. The first kappa shape index (κ1) is 88.6. The smallest absolute Gasteiger partial charge is 0.417 e. The molecular formula is C97H101ClF3N13O10. The fourth-order valence-corrected chi connectivity index (χ4v) is 17.0. The molecule has 4 aliphatic carbocycles. The molecular weight excluding hydrogens is 1600 g/mol. The second kappa shape index (κ2) is 41.1. The van der Waals surface area contributed by atoms with Crippen LogP contribution in [0.15, 0.2) is 245 Å². The van der Waals surface area contributed by atoms with Crippen LogP contribution in [0.1, 0.15) is 224 Å². The van der Waals surface area contributed by atoms with Crippen LogP contribution in [0.2, 0.25) is 5.02 Å². The summed E-state index contributed by atoms with van der Waals surface area (Å²) in [6.07, 6.45) is 20.0. The van der Waals surface area contributed by atoms with Crippen molar-refractivity contribution in [1.82, 2.24) is 59.6 Å². The van der Waals surface area contributed by atoms with Crippen molar-refractivity contribution in [3.63, 3.8) is 0 Å². The molecule has 4 atom stereocenters. The minimum atomic E-state index is -4.51. The van der Waals surface area contributed by atoms with E-state index in [0.717, 1.165) is 132 Å². The summed E-state index contributed by atoms with van der Waals surface area (Å²) in [6, 6.07) is 50.9. The van der Waals surface area contributed by atoms with E-state index in [9.17, 15) is 51.5 Å². The van der Waals surface area contributed by atoms with Gasteiger partial charge in [0.05, 0.1) is 29.0 Å². The van der Waals surface area contributed by atoms with Crippen LogP contribution >= 0.6 is 11.6 Å². The first-order chi connectivity index (χ1) is 59.8. The normalized spacial score (nSPS) is 16.3. The number of halogens is 4. The molecule has 0 amide bonds. The number of ether oxygens (including phenoxy) is 2. The molecule has 0 aliphatic heterocycles. The Hall–Kier alpha value is -13.2. The van der Waals surface area contributed by atoms with Crippen LogP contribution in [0.5, 0.6) is 11.5 Å². The van der Waals surface area contributed by atoms with Gasteiger partial charge in [-0.1, -0.05) is 163 Å². The Labute approximate surface area is 718 Å². The van der Waals surface area contributed by atoms with Gasteiger partial charge in [0.1, 0.15) is 11.5 Å². The Bertz CT molecular complexity index is 6360. The van der Waals surface area contributed by atoms with E-state index in [1.54, 1.807) is 19.1 Å². The molecule has 4 aliphatic rings. The van der Waals surface area contributed by atoms with Crippen LogP contribution in [-0.4, -0.2) is 86.4 Å². The van der Waals surface area contributed by atoms with E-state index < -0.39 is 40.1 Å². The van der Waals surface area contributed by atoms with Crippen LogP contribution in [0.25, 0.3) is 22.3 Å². The second-order valence-corrected chi connectivity index (χ2v) is 32.2. The Morgan fingerprint density at radius 2 is 0.823 bits per heavy atom. The van der Waals surface area contributed by atoms with Gasteiger partial charge in [-0.05, 0) is 197 Å². The molecule has 0 saturated carbocycles. The average molecular weight is 1700 g/mol. The van der Waals surface area contributed by atoms with Crippen molar-refractivity contribution in [2.45, 2.75) is 173 Å². The van der Waals surface area contributed by atoms with Gasteiger partial charge in [-0.15, -0.1) is 0 Å². The van der Waals surface area contributed by atoms with Crippen molar-refractivity contribution in [2.75, 3.05) is 25.6 Å². The molecule has 27 heteroatoms. The molecule has 0 bridgehead atoms. The number of nitrogens with zero attached hydrogens (tertiary/aromatic N) is 5. The van der Waals surface area contributed by atoms with E-state index in [-0.39, 0.29) is 64.4 Å². The zero-order valence-electron chi connectivity index (χ0n) is 70.1. The maximum absolute atomic E-state index is 13.8. The third-order valence-corrected chi connectivity index (χ3v) is 23.1. The van der Waals surface area contributed by atoms with Crippen molar-refractivity contribution in [1.29, 1.82) is 0 Å². The van der Waals surface area contributed by atoms with Gasteiger partial charge in [0.2, 0.25) is 5.95 Å². The molecule has 16 rings (SSSR count). The first-order valence-corrected chi connectivity index (χ1v) is 42.4. The summed E-state index contributed by atoms with van der Waals surface area (Å²) in [5, 5.41) is 5.02. The van der Waals surface area contributed by atoms with Crippen molar-refractivity contribution < 1.29 is 22.6 Å². The quantitative estimate of drug-likeness (QED) is 0.0313. The number of aromatic amines is 8. The van der Waals surface area contributed by atoms with Crippen LogP contribution < -0.4 is 59.4 Å². The largest absolute Gasteiger partial charge is 0.494 e. The van der Waals surface area contributed by atoms with E-state index >= 15 is 0 Å². The van der Waals surface area contributed by atoms with E-state index in [1.807, 2.05) is 202 Å². The minimum Gasteiger partial charge on any atom is -0.494 e. The summed E-state index contributed by atoms with van der Waals surface area (Å²) in [5.41, 5.74) is 12.9. The molecule has 6 aromatic heterocycles. The SMILES string of the molecule is CC(C)Oc1ccc(C2=CCC(c3[nH]c(=O)[nH]c(=O)c3Cc3ccccc3)CC2)c(Cl)c1.CCOc1ccc(C2=CCC(c3[nH]c(=O)[nH]c(=O)c3Cc3ccccc3)CC2)c(C(F)(F)F)c1.CCn1nccc1C1=CCC(c2[nH]c(=O)[nH]c(=O)c2Cc2ccccc2)CC1.CN(C)c1ncc(C2=CCC(c3[nH]c(=O)[nH]c(=O)c3Cc3ccccc3)CC2)cn1. The topological polar surface area (TPSA) is 328 Å². The third kappa shape index (κ3) is 22.7. The predicted octanol–water partition coefficient (Wildman–Crippen LogP) is 17.0. The number of rotatable bonds is 22. The first-order valence-electron chi connectivity index (χ1n) is 42.0. The summed E-state index contributed by atoms with van der Waals surface area (Å²) in [4.78, 5) is 130. The van der Waals surface area contributed by atoms with Gasteiger partial charge >= 0.3 is 28.9 Å². The zero-order valence-corrected chi connectivity index (χ0v) is 70.8. The van der Waals surface area contributed by atoms with E-state index in [0.29, 0.717) is 89.4 Å². The summed E-state index contributed by atoms with van der Waals surface area (Å²) in [6.45, 7) is 8.88. The van der Waals surface area contributed by atoms with Gasteiger partial charge in [-0.25, -0.2) is 29.1 Å². The van der Waals surface area contributed by atoms with Gasteiger partial charge in [0.25, 0.3) is 22.2 Å². The molecule has 6 heterocycles. The summed E-state index contributed by atoms with van der Waals surface area (Å²) >= 11 is 6.54. The highest BCUT2D eigenvalue weighted by Crippen LogP contribution is 2.45. The van der Waals surface area contributed by atoms with Gasteiger partial charge in [0, 0.05) is 139 Å². The molecule has 0 radical (unpaired) electrons. The van der Waals surface area contributed by atoms with Gasteiger partial charge in [0.15, 0.2) is 0 Å². The molecule has 642 valence electrons. The van der Waals surface area contributed by atoms with E-state index in [1.165, 1.54) is 22.8 Å². The molecule has 0 fully saturated rings. The maximum Gasteiger partial charge on any atom is 0.417 e. The number of alkyl halides is 3. The van der Waals surface area contributed by atoms with Crippen LogP contribution in [0, 0.1) is 0 Å². The van der Waals surface area contributed by atoms with E-state index in [4.69, 9.17) is 21.1 Å². The fourth-order valence-electron chi connectivity index (χ4n) is 16.8. The van der Waals surface area contributed by atoms with Gasteiger partial charge in [-0.2, -0.15) is 18.3 Å². The van der Waals surface area contributed by atoms with Crippen molar-refractivity contribution >= 4 is 39.8 Å². The summed E-state index contributed by atoms with van der Waals surface area (Å²) in [7, 11) is 3.82. The zero-order chi connectivity index (χ0) is 87.6. The molecule has 23 nitrogen and oxygen atoms in total. The van der Waals surface area contributed by atoms with Crippen LogP contribution in [0.4, 0.5) is 19.1 Å². The molecule has 124 heavy (non-hydrogen) atoms. The number of aromatic nitrogens is 12. The Morgan fingerprint density at radius 3 is 1.16 bits per heavy atom. The number of allylic oxidation sites excluding steroid dienone is 8.